The van der Waals surface area contributed by atoms with Crippen LogP contribution in [0.25, 0.3) is 10.4 Å². The molecule has 148 valence electrons. The predicted molar refractivity (Wildman–Crippen MR) is 98.2 cm³/mol. The molecule has 0 unspecified atom stereocenters. The Bertz CT molecular complexity index is 723. The molecule has 0 aliphatic heterocycles. The molecule has 0 bridgehead atoms. The molecule has 0 fully saturated rings. The average molecular weight is 379 g/mol. The Morgan fingerprint density at radius 3 is 2.30 bits per heavy atom. The number of aromatic nitrogens is 2. The van der Waals surface area contributed by atoms with E-state index in [-0.39, 0.29) is 19.0 Å². The highest BCUT2D eigenvalue weighted by Crippen LogP contribution is 2.13. The first-order valence-electron chi connectivity index (χ1n) is 8.26. The molecule has 0 saturated carbocycles. The molecule has 0 aromatic carbocycles. The monoisotopic (exact) mass is 379 g/mol. The van der Waals surface area contributed by atoms with Crippen molar-refractivity contribution in [1.29, 1.82) is 0 Å². The number of carbonyl (C=O) groups excluding carboxylic acids is 2. The summed E-state index contributed by atoms with van der Waals surface area (Å²) in [6.45, 7) is 10.1. The quantitative estimate of drug-likeness (QED) is 0.260. The molecule has 0 saturated heterocycles. The second-order valence-corrected chi connectivity index (χ2v) is 7.43. The van der Waals surface area contributed by atoms with Crippen molar-refractivity contribution in [2.45, 2.75) is 52.7 Å². The number of nitrogens with zero attached hydrogens (tertiary/aromatic N) is 7. The topological polar surface area (TPSA) is 135 Å². The third-order valence-electron chi connectivity index (χ3n) is 2.64. The van der Waals surface area contributed by atoms with Gasteiger partial charge in [0.1, 0.15) is 11.2 Å². The van der Waals surface area contributed by atoms with E-state index in [1.165, 1.54) is 17.1 Å². The van der Waals surface area contributed by atoms with Gasteiger partial charge in [0.25, 0.3) is 0 Å². The van der Waals surface area contributed by atoms with E-state index in [1.54, 1.807) is 47.6 Å². The normalized spacial score (nSPS) is 12.1. The summed E-state index contributed by atoms with van der Waals surface area (Å²) >= 11 is 0. The number of aliphatic imine (C=N–C) groups is 1. The van der Waals surface area contributed by atoms with Crippen molar-refractivity contribution in [2.75, 3.05) is 13.1 Å². The molecule has 0 N–H and O–H groups in total. The van der Waals surface area contributed by atoms with Gasteiger partial charge in [0.05, 0.1) is 0 Å². The van der Waals surface area contributed by atoms with Gasteiger partial charge < -0.3 is 9.47 Å². The lowest BCUT2D eigenvalue weighted by Crippen LogP contribution is -2.45. The highest BCUT2D eigenvalue weighted by Gasteiger charge is 2.28. The molecule has 11 nitrogen and oxygen atoms in total. The van der Waals surface area contributed by atoms with Gasteiger partial charge in [-0.3, -0.25) is 0 Å². The maximum Gasteiger partial charge on any atom is 0.437 e. The van der Waals surface area contributed by atoms with Crippen LogP contribution in [0.2, 0.25) is 0 Å². The molecule has 0 aliphatic rings. The standard InChI is InChI=1S/C16H25N7O4/c1-15(2,3)26-13(24)20-12(23-10-7-8-19-23)22(11-9-18-21-17)14(25)27-16(4,5)6/h7-8,10H,9,11H2,1-6H3/b20-12-. The van der Waals surface area contributed by atoms with Crippen molar-refractivity contribution in [3.05, 3.63) is 28.9 Å². The minimum Gasteiger partial charge on any atom is -0.443 e. The van der Waals surface area contributed by atoms with Crippen LogP contribution in [-0.2, 0) is 9.47 Å². The van der Waals surface area contributed by atoms with E-state index in [2.05, 4.69) is 20.1 Å². The average Bonchev–Trinajstić information content (AvgIpc) is 3.00. The van der Waals surface area contributed by atoms with Crippen molar-refractivity contribution < 1.29 is 19.1 Å². The van der Waals surface area contributed by atoms with Crippen LogP contribution in [0.4, 0.5) is 9.59 Å². The van der Waals surface area contributed by atoms with Crippen LogP contribution in [0.5, 0.6) is 0 Å². The molecule has 27 heavy (non-hydrogen) atoms. The second-order valence-electron chi connectivity index (χ2n) is 7.43. The fraction of sp³-hybridized carbons (Fsp3) is 0.625. The Morgan fingerprint density at radius 1 is 1.19 bits per heavy atom. The number of carbonyl (C=O) groups is 2. The molecule has 0 spiro atoms. The van der Waals surface area contributed by atoms with Gasteiger partial charge in [-0.1, -0.05) is 5.11 Å². The molecule has 1 aromatic heterocycles. The van der Waals surface area contributed by atoms with Gasteiger partial charge in [0.15, 0.2) is 0 Å². The zero-order valence-corrected chi connectivity index (χ0v) is 16.4. The van der Waals surface area contributed by atoms with Crippen molar-refractivity contribution in [2.24, 2.45) is 10.1 Å². The number of azide groups is 1. The summed E-state index contributed by atoms with van der Waals surface area (Å²) in [6.07, 6.45) is 1.30. The molecule has 0 atom stereocenters. The van der Waals surface area contributed by atoms with E-state index in [1.807, 2.05) is 0 Å². The Kier molecular flexibility index (Phi) is 7.36. The minimum absolute atomic E-state index is 0.0512. The number of hydrogen-bond donors (Lipinski definition) is 0. The van der Waals surface area contributed by atoms with E-state index in [0.717, 1.165) is 4.90 Å². The highest BCUT2D eigenvalue weighted by molar-refractivity contribution is 5.99. The molecule has 1 rings (SSSR count). The van der Waals surface area contributed by atoms with Gasteiger partial charge in [-0.25, -0.2) is 19.2 Å². The van der Waals surface area contributed by atoms with Crippen LogP contribution >= 0.6 is 0 Å². The molecule has 1 heterocycles. The molecule has 1 aromatic rings. The number of ether oxygens (including phenoxy) is 2. The van der Waals surface area contributed by atoms with Crippen molar-refractivity contribution in [1.82, 2.24) is 14.7 Å². The number of rotatable bonds is 3. The van der Waals surface area contributed by atoms with Crippen LogP contribution in [0.15, 0.2) is 28.6 Å². The van der Waals surface area contributed by atoms with Crippen LogP contribution in [0.3, 0.4) is 0 Å². The summed E-state index contributed by atoms with van der Waals surface area (Å²) in [4.78, 5) is 32.5. The van der Waals surface area contributed by atoms with Crippen LogP contribution in [0, 0.1) is 0 Å². The molecule has 11 heteroatoms. The van der Waals surface area contributed by atoms with E-state index >= 15 is 0 Å². The van der Waals surface area contributed by atoms with Crippen LogP contribution in [-0.4, -0.2) is 57.1 Å². The number of hydrogen-bond acceptors (Lipinski definition) is 6. The van der Waals surface area contributed by atoms with Gasteiger partial charge in [0, 0.05) is 30.4 Å². The maximum atomic E-state index is 12.7. The Morgan fingerprint density at radius 2 is 1.81 bits per heavy atom. The lowest BCUT2D eigenvalue weighted by atomic mass is 10.2. The Labute approximate surface area is 157 Å². The van der Waals surface area contributed by atoms with Gasteiger partial charge in [0.2, 0.25) is 5.96 Å². The molecular weight excluding hydrogens is 354 g/mol. The highest BCUT2D eigenvalue weighted by atomic mass is 16.6. The van der Waals surface area contributed by atoms with E-state index in [0.29, 0.717) is 0 Å². The van der Waals surface area contributed by atoms with Crippen molar-refractivity contribution >= 4 is 18.1 Å². The molecule has 0 aliphatic carbocycles. The third kappa shape index (κ3) is 8.23. The fourth-order valence-electron chi connectivity index (χ4n) is 1.77. The summed E-state index contributed by atoms with van der Waals surface area (Å²) in [5.74, 6) is -0.128. The summed E-state index contributed by atoms with van der Waals surface area (Å²) in [6, 6.07) is 1.60. The number of amides is 2. The van der Waals surface area contributed by atoms with Crippen LogP contribution in [0.1, 0.15) is 41.5 Å². The lowest BCUT2D eigenvalue weighted by molar-refractivity contribution is 0.0366. The Balaban J connectivity index is 3.30. The SMILES string of the molecule is CC(C)(C)OC(=O)/N=C(/N(CCN=[N+]=[N-])C(=O)OC(C)(C)C)n1cccn1. The second kappa shape index (κ2) is 9.04. The van der Waals surface area contributed by atoms with E-state index in [9.17, 15) is 9.59 Å². The smallest absolute Gasteiger partial charge is 0.437 e. The van der Waals surface area contributed by atoms with E-state index < -0.39 is 23.4 Å². The maximum absolute atomic E-state index is 12.7. The minimum atomic E-state index is -0.898. The largest absolute Gasteiger partial charge is 0.443 e. The summed E-state index contributed by atoms with van der Waals surface area (Å²) in [5.41, 5.74) is 6.95. The fourth-order valence-corrected chi connectivity index (χ4v) is 1.77. The first kappa shape index (κ1) is 22.0. The first-order valence-corrected chi connectivity index (χ1v) is 8.26. The predicted octanol–water partition coefficient (Wildman–Crippen LogP) is 3.57. The van der Waals surface area contributed by atoms with Crippen molar-refractivity contribution in [3.8, 4) is 0 Å². The first-order chi connectivity index (χ1) is 12.4. The summed E-state index contributed by atoms with van der Waals surface area (Å²) in [7, 11) is 0. The van der Waals surface area contributed by atoms with E-state index in [4.69, 9.17) is 15.0 Å². The summed E-state index contributed by atoms with van der Waals surface area (Å²) in [5, 5.41) is 7.44. The molecule has 2 amide bonds. The Hall–Kier alpha value is -3.07. The summed E-state index contributed by atoms with van der Waals surface area (Å²) < 4.78 is 11.8. The zero-order chi connectivity index (χ0) is 20.7. The molecular formula is C16H25N7O4. The third-order valence-corrected chi connectivity index (χ3v) is 2.64. The van der Waals surface area contributed by atoms with Crippen molar-refractivity contribution in [3.63, 3.8) is 0 Å². The van der Waals surface area contributed by atoms with Gasteiger partial charge in [-0.2, -0.15) is 5.10 Å². The zero-order valence-electron chi connectivity index (χ0n) is 16.4. The van der Waals surface area contributed by atoms with Gasteiger partial charge in [-0.15, -0.1) is 4.99 Å². The van der Waals surface area contributed by atoms with Gasteiger partial charge in [-0.05, 0) is 53.1 Å². The molecule has 0 radical (unpaired) electrons. The van der Waals surface area contributed by atoms with Crippen LogP contribution < -0.4 is 0 Å². The van der Waals surface area contributed by atoms with Gasteiger partial charge >= 0.3 is 12.2 Å². The lowest BCUT2D eigenvalue weighted by Gasteiger charge is -2.27.